The van der Waals surface area contributed by atoms with Crippen molar-refractivity contribution in [1.29, 1.82) is 0 Å². The predicted molar refractivity (Wildman–Crippen MR) is 120 cm³/mol. The van der Waals surface area contributed by atoms with Crippen LogP contribution in [0.15, 0.2) is 68.4 Å². The molecule has 0 atom stereocenters. The van der Waals surface area contributed by atoms with E-state index in [9.17, 15) is 9.59 Å². The monoisotopic (exact) mass is 507 g/mol. The first-order valence-electron chi connectivity index (χ1n) is 8.46. The molecule has 0 spiro atoms. The molecule has 0 aliphatic carbocycles. The van der Waals surface area contributed by atoms with Crippen LogP contribution in [0.1, 0.15) is 11.3 Å². The summed E-state index contributed by atoms with van der Waals surface area (Å²) in [6.45, 7) is 0.199. The van der Waals surface area contributed by atoms with Crippen molar-refractivity contribution in [3.05, 3.63) is 85.3 Å². The maximum atomic E-state index is 12.7. The molecule has 1 fully saturated rings. The average Bonchev–Trinajstić information content (AvgIpc) is 3.25. The zero-order valence-corrected chi connectivity index (χ0v) is 18.6. The Balaban J connectivity index is 1.57. The van der Waals surface area contributed by atoms with Crippen molar-refractivity contribution in [2.24, 2.45) is 0 Å². The second-order valence-electron chi connectivity index (χ2n) is 6.19. The molecule has 29 heavy (non-hydrogen) atoms. The smallest absolute Gasteiger partial charge is 0.293 e. The molecule has 1 aliphatic rings. The summed E-state index contributed by atoms with van der Waals surface area (Å²) in [5.74, 6) is 0.619. The third-order valence-corrected chi connectivity index (χ3v) is 6.50. The van der Waals surface area contributed by atoms with Gasteiger partial charge >= 0.3 is 0 Å². The Kier molecular flexibility index (Phi) is 5.88. The first-order chi connectivity index (χ1) is 13.9. The van der Waals surface area contributed by atoms with Crippen LogP contribution in [-0.4, -0.2) is 16.0 Å². The number of rotatable bonds is 4. The highest BCUT2D eigenvalue weighted by Gasteiger charge is 2.35. The van der Waals surface area contributed by atoms with E-state index in [1.165, 1.54) is 4.90 Å². The fraction of sp³-hybridized carbons (Fsp3) is 0.0476. The van der Waals surface area contributed by atoms with Crippen LogP contribution in [-0.2, 0) is 11.3 Å². The number of amides is 2. The quantitative estimate of drug-likeness (QED) is 0.348. The Morgan fingerprint density at radius 2 is 1.86 bits per heavy atom. The molecule has 2 heterocycles. The van der Waals surface area contributed by atoms with Crippen LogP contribution in [0.3, 0.4) is 0 Å². The van der Waals surface area contributed by atoms with Crippen molar-refractivity contribution in [2.75, 3.05) is 0 Å². The second kappa shape index (κ2) is 8.40. The van der Waals surface area contributed by atoms with E-state index in [2.05, 4.69) is 15.9 Å². The Hall–Kier alpha value is -1.99. The van der Waals surface area contributed by atoms with E-state index in [-0.39, 0.29) is 17.7 Å². The summed E-state index contributed by atoms with van der Waals surface area (Å²) < 4.78 is 6.65. The maximum absolute atomic E-state index is 12.7. The Bertz CT molecular complexity index is 1160. The molecule has 0 N–H and O–H groups in total. The van der Waals surface area contributed by atoms with Crippen LogP contribution in [0.25, 0.3) is 17.4 Å². The molecule has 1 saturated heterocycles. The number of carbonyl (C=O) groups is 2. The molecule has 0 unspecified atom stereocenters. The lowest BCUT2D eigenvalue weighted by molar-refractivity contribution is -0.123. The van der Waals surface area contributed by atoms with Crippen LogP contribution in [0.2, 0.25) is 10.0 Å². The van der Waals surface area contributed by atoms with Gasteiger partial charge in [-0.2, -0.15) is 0 Å². The number of hydrogen-bond acceptors (Lipinski definition) is 4. The Labute approximate surface area is 189 Å². The largest absolute Gasteiger partial charge is 0.457 e. The van der Waals surface area contributed by atoms with Gasteiger partial charge in [0.05, 0.1) is 16.5 Å². The van der Waals surface area contributed by atoms with Gasteiger partial charge in [0.1, 0.15) is 11.5 Å². The molecule has 146 valence electrons. The number of imide groups is 1. The summed E-state index contributed by atoms with van der Waals surface area (Å²) in [6.07, 6.45) is 1.56. The Morgan fingerprint density at radius 1 is 1.07 bits per heavy atom. The van der Waals surface area contributed by atoms with Gasteiger partial charge in [-0.1, -0.05) is 57.3 Å². The average molecular weight is 509 g/mol. The van der Waals surface area contributed by atoms with E-state index in [0.717, 1.165) is 21.8 Å². The van der Waals surface area contributed by atoms with Crippen LogP contribution in [0.5, 0.6) is 0 Å². The highest BCUT2D eigenvalue weighted by Crippen LogP contribution is 2.36. The molecule has 0 radical (unpaired) electrons. The number of thioether (sulfide) groups is 1. The van der Waals surface area contributed by atoms with Gasteiger partial charge in [0.2, 0.25) is 0 Å². The maximum Gasteiger partial charge on any atom is 0.293 e. The molecular formula is C21H12BrCl2NO3S. The van der Waals surface area contributed by atoms with Crippen molar-refractivity contribution in [3.8, 4) is 11.3 Å². The lowest BCUT2D eigenvalue weighted by atomic mass is 10.2. The summed E-state index contributed by atoms with van der Waals surface area (Å²) in [5.41, 5.74) is 1.51. The van der Waals surface area contributed by atoms with Gasteiger partial charge in [0.25, 0.3) is 11.1 Å². The third-order valence-electron chi connectivity index (χ3n) is 4.25. The molecule has 2 aromatic carbocycles. The predicted octanol–water partition coefficient (Wildman–Crippen LogP) is 7.25. The number of benzene rings is 2. The van der Waals surface area contributed by atoms with Gasteiger partial charge in [0, 0.05) is 21.1 Å². The molecular weight excluding hydrogens is 497 g/mol. The fourth-order valence-electron chi connectivity index (χ4n) is 2.82. The fourth-order valence-corrected chi connectivity index (χ4v) is 4.44. The summed E-state index contributed by atoms with van der Waals surface area (Å²) in [6, 6.07) is 16.0. The van der Waals surface area contributed by atoms with Crippen LogP contribution >= 0.6 is 50.9 Å². The van der Waals surface area contributed by atoms with E-state index in [1.54, 1.807) is 36.4 Å². The summed E-state index contributed by atoms with van der Waals surface area (Å²) in [4.78, 5) is 26.6. The third kappa shape index (κ3) is 4.31. The van der Waals surface area contributed by atoms with Crippen LogP contribution < -0.4 is 0 Å². The first kappa shape index (κ1) is 20.3. The second-order valence-corrected chi connectivity index (χ2v) is 8.88. The summed E-state index contributed by atoms with van der Waals surface area (Å²) >= 11 is 16.6. The van der Waals surface area contributed by atoms with Crippen molar-refractivity contribution < 1.29 is 14.0 Å². The van der Waals surface area contributed by atoms with Gasteiger partial charge in [-0.25, -0.2) is 0 Å². The highest BCUT2D eigenvalue weighted by atomic mass is 79.9. The Morgan fingerprint density at radius 3 is 2.66 bits per heavy atom. The molecule has 0 bridgehead atoms. The van der Waals surface area contributed by atoms with E-state index in [4.69, 9.17) is 27.6 Å². The van der Waals surface area contributed by atoms with Crippen molar-refractivity contribution >= 4 is 68.1 Å². The molecule has 8 heteroatoms. The number of hydrogen-bond donors (Lipinski definition) is 0. The number of furan rings is 1. The van der Waals surface area contributed by atoms with Gasteiger partial charge < -0.3 is 4.42 Å². The molecule has 4 rings (SSSR count). The van der Waals surface area contributed by atoms with Gasteiger partial charge in [-0.3, -0.25) is 14.5 Å². The number of carbonyl (C=O) groups excluding carboxylic acids is 2. The first-order valence-corrected chi connectivity index (χ1v) is 10.8. The highest BCUT2D eigenvalue weighted by molar-refractivity contribution is 9.10. The molecule has 3 aromatic rings. The number of nitrogens with zero attached hydrogens (tertiary/aromatic N) is 1. The SMILES string of the molecule is O=C1S/C(=C\c2ccc(-c3cc(Cl)ccc3Cl)o2)C(=O)N1Cc1ccccc1Br. The van der Waals surface area contributed by atoms with Gasteiger partial charge in [-0.15, -0.1) is 0 Å². The van der Waals surface area contributed by atoms with Crippen molar-refractivity contribution in [2.45, 2.75) is 6.54 Å². The standard InChI is InChI=1S/C21H12BrCl2NO3S/c22-16-4-2-1-3-12(16)11-25-20(26)19(29-21(25)27)10-14-6-8-18(28-14)15-9-13(23)5-7-17(15)24/h1-10H,11H2/b19-10-. The van der Waals surface area contributed by atoms with Crippen molar-refractivity contribution in [1.82, 2.24) is 4.90 Å². The number of halogens is 3. The molecule has 2 amide bonds. The van der Waals surface area contributed by atoms with E-state index in [1.807, 2.05) is 24.3 Å². The lowest BCUT2D eigenvalue weighted by Gasteiger charge is -2.13. The summed E-state index contributed by atoms with van der Waals surface area (Å²) in [5, 5.41) is 0.723. The van der Waals surface area contributed by atoms with Crippen LogP contribution in [0, 0.1) is 0 Å². The van der Waals surface area contributed by atoms with Gasteiger partial charge in [-0.05, 0) is 53.7 Å². The minimum atomic E-state index is -0.352. The normalized spacial score (nSPS) is 15.6. The topological polar surface area (TPSA) is 50.5 Å². The molecule has 0 saturated carbocycles. The van der Waals surface area contributed by atoms with E-state index < -0.39 is 0 Å². The molecule has 1 aromatic heterocycles. The zero-order chi connectivity index (χ0) is 20.5. The van der Waals surface area contributed by atoms with Crippen LogP contribution in [0.4, 0.5) is 4.79 Å². The minimum Gasteiger partial charge on any atom is -0.457 e. The minimum absolute atomic E-state index is 0.199. The summed E-state index contributed by atoms with van der Waals surface area (Å²) in [7, 11) is 0. The van der Waals surface area contributed by atoms with Gasteiger partial charge in [0.15, 0.2) is 0 Å². The molecule has 4 nitrogen and oxygen atoms in total. The molecule has 1 aliphatic heterocycles. The lowest BCUT2D eigenvalue weighted by Crippen LogP contribution is -2.27. The van der Waals surface area contributed by atoms with E-state index >= 15 is 0 Å². The van der Waals surface area contributed by atoms with E-state index in [0.29, 0.717) is 32.0 Å². The van der Waals surface area contributed by atoms with Crippen molar-refractivity contribution in [3.63, 3.8) is 0 Å². The zero-order valence-electron chi connectivity index (χ0n) is 14.7.